The highest BCUT2D eigenvalue weighted by molar-refractivity contribution is 6.30. The molecular formula is C10H13ClN2. The summed E-state index contributed by atoms with van der Waals surface area (Å²) in [6, 6.07) is 6.02. The Morgan fingerprint density at radius 3 is 3.08 bits per heavy atom. The molecule has 1 aromatic rings. The summed E-state index contributed by atoms with van der Waals surface area (Å²) in [7, 11) is 2.07. The molecule has 2 rings (SSSR count). The molecule has 2 N–H and O–H groups in total. The Hall–Kier alpha value is -0.730. The summed E-state index contributed by atoms with van der Waals surface area (Å²) in [4.78, 5) is 2.21. The van der Waals surface area contributed by atoms with Gasteiger partial charge in [0.25, 0.3) is 0 Å². The van der Waals surface area contributed by atoms with Crippen LogP contribution in [0.2, 0.25) is 5.02 Å². The fraction of sp³-hybridized carbons (Fsp3) is 0.400. The first kappa shape index (κ1) is 8.85. The molecule has 0 radical (unpaired) electrons. The number of nitrogens with two attached hydrogens (primary N) is 1. The summed E-state index contributed by atoms with van der Waals surface area (Å²) < 4.78 is 0. The van der Waals surface area contributed by atoms with Crippen LogP contribution >= 0.6 is 11.6 Å². The van der Waals surface area contributed by atoms with Gasteiger partial charge >= 0.3 is 0 Å². The maximum absolute atomic E-state index is 5.92. The Balaban J connectivity index is 2.46. The van der Waals surface area contributed by atoms with Crippen molar-refractivity contribution in [2.75, 3.05) is 25.0 Å². The van der Waals surface area contributed by atoms with E-state index in [0.717, 1.165) is 11.6 Å². The summed E-state index contributed by atoms with van der Waals surface area (Å²) in [6.45, 7) is 1.71. The average Bonchev–Trinajstić information content (AvgIpc) is 2.43. The molecule has 1 atom stereocenters. The first-order chi connectivity index (χ1) is 6.22. The highest BCUT2D eigenvalue weighted by atomic mass is 35.5. The van der Waals surface area contributed by atoms with E-state index >= 15 is 0 Å². The van der Waals surface area contributed by atoms with E-state index in [9.17, 15) is 0 Å². The molecule has 0 saturated heterocycles. The van der Waals surface area contributed by atoms with Gasteiger partial charge in [0.15, 0.2) is 0 Å². The van der Waals surface area contributed by atoms with E-state index in [2.05, 4.69) is 18.0 Å². The minimum absolute atomic E-state index is 0.470. The van der Waals surface area contributed by atoms with E-state index < -0.39 is 0 Å². The van der Waals surface area contributed by atoms with Gasteiger partial charge in [-0.05, 0) is 17.7 Å². The summed E-state index contributed by atoms with van der Waals surface area (Å²) >= 11 is 5.92. The van der Waals surface area contributed by atoms with Crippen molar-refractivity contribution in [2.24, 2.45) is 5.73 Å². The SMILES string of the molecule is CN1CC(CN)c2ccc(Cl)cc21. The average molecular weight is 197 g/mol. The van der Waals surface area contributed by atoms with E-state index in [-0.39, 0.29) is 0 Å². The number of likely N-dealkylation sites (N-methyl/N-ethyl adjacent to an activating group) is 1. The van der Waals surface area contributed by atoms with Crippen molar-refractivity contribution in [3.63, 3.8) is 0 Å². The molecule has 3 heteroatoms. The number of nitrogens with zero attached hydrogens (tertiary/aromatic N) is 1. The number of benzene rings is 1. The van der Waals surface area contributed by atoms with E-state index in [4.69, 9.17) is 17.3 Å². The maximum Gasteiger partial charge on any atom is 0.0426 e. The Morgan fingerprint density at radius 1 is 1.62 bits per heavy atom. The van der Waals surface area contributed by atoms with Gasteiger partial charge in [-0.15, -0.1) is 0 Å². The molecule has 13 heavy (non-hydrogen) atoms. The smallest absolute Gasteiger partial charge is 0.0426 e. The standard InChI is InChI=1S/C10H13ClN2/c1-13-6-7(5-12)9-3-2-8(11)4-10(9)13/h2-4,7H,5-6,12H2,1H3. The topological polar surface area (TPSA) is 29.3 Å². The second-order valence-electron chi connectivity index (χ2n) is 3.52. The number of anilines is 1. The molecule has 0 amide bonds. The van der Waals surface area contributed by atoms with Crippen LogP contribution < -0.4 is 10.6 Å². The predicted octanol–water partition coefficient (Wildman–Crippen LogP) is 1.83. The second kappa shape index (κ2) is 3.20. The van der Waals surface area contributed by atoms with Gasteiger partial charge in [-0.1, -0.05) is 17.7 Å². The highest BCUT2D eigenvalue weighted by Gasteiger charge is 2.24. The van der Waals surface area contributed by atoms with Gasteiger partial charge in [0, 0.05) is 36.8 Å². The minimum atomic E-state index is 0.470. The maximum atomic E-state index is 5.92. The lowest BCUT2D eigenvalue weighted by Crippen LogP contribution is -2.20. The minimum Gasteiger partial charge on any atom is -0.374 e. The number of hydrogen-bond donors (Lipinski definition) is 1. The molecule has 0 saturated carbocycles. The van der Waals surface area contributed by atoms with Crippen molar-refractivity contribution in [2.45, 2.75) is 5.92 Å². The van der Waals surface area contributed by atoms with E-state index in [0.29, 0.717) is 12.5 Å². The lowest BCUT2D eigenvalue weighted by atomic mass is 10.0. The number of halogens is 1. The molecule has 1 aromatic carbocycles. The lowest BCUT2D eigenvalue weighted by Gasteiger charge is -2.11. The monoisotopic (exact) mass is 196 g/mol. The molecule has 1 aliphatic rings. The van der Waals surface area contributed by atoms with Gasteiger partial charge in [0.05, 0.1) is 0 Å². The summed E-state index contributed by atoms with van der Waals surface area (Å²) in [6.07, 6.45) is 0. The van der Waals surface area contributed by atoms with Gasteiger partial charge in [-0.3, -0.25) is 0 Å². The highest BCUT2D eigenvalue weighted by Crippen LogP contribution is 2.36. The van der Waals surface area contributed by atoms with Crippen LogP contribution in [0.1, 0.15) is 11.5 Å². The fourth-order valence-electron chi connectivity index (χ4n) is 1.92. The van der Waals surface area contributed by atoms with Crippen molar-refractivity contribution in [1.29, 1.82) is 0 Å². The largest absolute Gasteiger partial charge is 0.374 e. The molecule has 0 aliphatic carbocycles. The quantitative estimate of drug-likeness (QED) is 0.743. The fourth-order valence-corrected chi connectivity index (χ4v) is 2.09. The number of fused-ring (bicyclic) bond motifs is 1. The third-order valence-corrected chi connectivity index (χ3v) is 2.86. The number of rotatable bonds is 1. The third kappa shape index (κ3) is 1.40. The zero-order valence-electron chi connectivity index (χ0n) is 7.63. The number of hydrogen-bond acceptors (Lipinski definition) is 2. The molecule has 2 nitrogen and oxygen atoms in total. The molecule has 1 heterocycles. The van der Waals surface area contributed by atoms with Gasteiger partial charge in [-0.2, -0.15) is 0 Å². The molecule has 0 spiro atoms. The van der Waals surface area contributed by atoms with Crippen LogP contribution in [0.15, 0.2) is 18.2 Å². The summed E-state index contributed by atoms with van der Waals surface area (Å²) in [5, 5.41) is 0.795. The normalized spacial score (nSPS) is 20.5. The van der Waals surface area contributed by atoms with Crippen LogP contribution in [0.25, 0.3) is 0 Å². The van der Waals surface area contributed by atoms with Crippen LogP contribution in [-0.4, -0.2) is 20.1 Å². The molecule has 70 valence electrons. The first-order valence-corrected chi connectivity index (χ1v) is 4.81. The third-order valence-electron chi connectivity index (χ3n) is 2.62. The van der Waals surface area contributed by atoms with E-state index in [1.165, 1.54) is 11.3 Å². The van der Waals surface area contributed by atoms with Crippen molar-refractivity contribution in [3.8, 4) is 0 Å². The zero-order chi connectivity index (χ0) is 9.42. The Kier molecular flexibility index (Phi) is 2.18. The molecule has 0 aromatic heterocycles. The summed E-state index contributed by atoms with van der Waals surface area (Å²) in [5.41, 5.74) is 8.24. The van der Waals surface area contributed by atoms with Gasteiger partial charge in [0.2, 0.25) is 0 Å². The van der Waals surface area contributed by atoms with Crippen LogP contribution in [0.3, 0.4) is 0 Å². The molecule has 1 unspecified atom stereocenters. The van der Waals surface area contributed by atoms with Gasteiger partial charge < -0.3 is 10.6 Å². The molecular weight excluding hydrogens is 184 g/mol. The van der Waals surface area contributed by atoms with Gasteiger partial charge in [0.1, 0.15) is 0 Å². The Labute approximate surface area is 83.3 Å². The first-order valence-electron chi connectivity index (χ1n) is 4.43. The van der Waals surface area contributed by atoms with Crippen molar-refractivity contribution < 1.29 is 0 Å². The van der Waals surface area contributed by atoms with Crippen LogP contribution in [-0.2, 0) is 0 Å². The van der Waals surface area contributed by atoms with E-state index in [1.807, 2.05) is 12.1 Å². The van der Waals surface area contributed by atoms with Crippen molar-refractivity contribution in [3.05, 3.63) is 28.8 Å². The molecule has 0 fully saturated rings. The van der Waals surface area contributed by atoms with Crippen LogP contribution in [0.5, 0.6) is 0 Å². The zero-order valence-corrected chi connectivity index (χ0v) is 8.38. The molecule has 0 bridgehead atoms. The Morgan fingerprint density at radius 2 is 2.38 bits per heavy atom. The van der Waals surface area contributed by atoms with E-state index in [1.54, 1.807) is 0 Å². The second-order valence-corrected chi connectivity index (χ2v) is 3.95. The van der Waals surface area contributed by atoms with Crippen molar-refractivity contribution in [1.82, 2.24) is 0 Å². The summed E-state index contributed by atoms with van der Waals surface area (Å²) in [5.74, 6) is 0.470. The Bertz CT molecular complexity index is 325. The van der Waals surface area contributed by atoms with Crippen LogP contribution in [0, 0.1) is 0 Å². The van der Waals surface area contributed by atoms with Crippen LogP contribution in [0.4, 0.5) is 5.69 Å². The van der Waals surface area contributed by atoms with Crippen molar-refractivity contribution >= 4 is 17.3 Å². The predicted molar refractivity (Wildman–Crippen MR) is 56.5 cm³/mol. The van der Waals surface area contributed by atoms with Gasteiger partial charge in [-0.25, -0.2) is 0 Å². The molecule has 1 aliphatic heterocycles. The lowest BCUT2D eigenvalue weighted by molar-refractivity contribution is 0.730.